The molecule has 0 spiro atoms. The van der Waals surface area contributed by atoms with Crippen molar-refractivity contribution < 1.29 is 22.7 Å². The van der Waals surface area contributed by atoms with Crippen LogP contribution in [-0.4, -0.2) is 45.9 Å². The quantitative estimate of drug-likeness (QED) is 0.812. The first-order valence-electron chi connectivity index (χ1n) is 8.09. The highest BCUT2D eigenvalue weighted by Gasteiger charge is 2.29. The number of ether oxygens (including phenoxy) is 2. The van der Waals surface area contributed by atoms with Gasteiger partial charge >= 0.3 is 0 Å². The molecule has 1 N–H and O–H groups in total. The molecule has 0 bridgehead atoms. The van der Waals surface area contributed by atoms with E-state index in [4.69, 9.17) is 9.47 Å². The van der Waals surface area contributed by atoms with Crippen LogP contribution in [0.25, 0.3) is 0 Å². The maximum absolute atomic E-state index is 12.6. The van der Waals surface area contributed by atoms with Crippen molar-refractivity contribution in [1.29, 1.82) is 0 Å². The van der Waals surface area contributed by atoms with Gasteiger partial charge in [-0.05, 0) is 37.1 Å². The highest BCUT2D eigenvalue weighted by molar-refractivity contribution is 7.91. The molecule has 0 aliphatic carbocycles. The molecule has 1 aromatic carbocycles. The van der Waals surface area contributed by atoms with E-state index in [2.05, 4.69) is 5.32 Å². The van der Waals surface area contributed by atoms with Gasteiger partial charge in [0.05, 0.1) is 19.1 Å². The van der Waals surface area contributed by atoms with Crippen LogP contribution in [0.5, 0.6) is 11.5 Å². The third kappa shape index (κ3) is 3.69. The van der Waals surface area contributed by atoms with Crippen molar-refractivity contribution in [2.24, 2.45) is 0 Å². The summed E-state index contributed by atoms with van der Waals surface area (Å²) in [7, 11) is -0.465. The molecule has 3 rings (SSSR count). The van der Waals surface area contributed by atoms with Crippen LogP contribution < -0.4 is 14.8 Å². The lowest BCUT2D eigenvalue weighted by Crippen LogP contribution is -2.27. The van der Waals surface area contributed by atoms with Crippen LogP contribution in [0.3, 0.4) is 0 Å². The van der Waals surface area contributed by atoms with Gasteiger partial charge < -0.3 is 14.8 Å². The van der Waals surface area contributed by atoms with Crippen LogP contribution in [0.2, 0.25) is 0 Å². The lowest BCUT2D eigenvalue weighted by molar-refractivity contribution is 0.103. The number of benzene rings is 1. The second-order valence-electron chi connectivity index (χ2n) is 5.75. The van der Waals surface area contributed by atoms with Gasteiger partial charge in [0.1, 0.15) is 4.21 Å². The number of carbonyl (C=O) groups excluding carboxylic acids is 1. The number of hydrogen-bond acceptors (Lipinski definition) is 6. The minimum atomic E-state index is -3.51. The molecule has 0 radical (unpaired) electrons. The Kier molecular flexibility index (Phi) is 5.49. The van der Waals surface area contributed by atoms with Gasteiger partial charge in [0, 0.05) is 24.8 Å². The predicted molar refractivity (Wildman–Crippen MR) is 99.8 cm³/mol. The van der Waals surface area contributed by atoms with Crippen LogP contribution in [-0.2, 0) is 10.0 Å². The number of carbonyl (C=O) groups is 1. The number of rotatable bonds is 6. The Hall–Kier alpha value is -2.10. The summed E-state index contributed by atoms with van der Waals surface area (Å²) in [6.45, 7) is 1.07. The molecule has 0 saturated carbocycles. The number of thiophene rings is 1. The van der Waals surface area contributed by atoms with Gasteiger partial charge in [-0.1, -0.05) is 0 Å². The number of anilines is 1. The summed E-state index contributed by atoms with van der Waals surface area (Å²) in [4.78, 5) is 12.8. The van der Waals surface area contributed by atoms with E-state index in [1.165, 1.54) is 30.7 Å². The highest BCUT2D eigenvalue weighted by Crippen LogP contribution is 2.31. The molecule has 1 aromatic heterocycles. The fourth-order valence-corrected chi connectivity index (χ4v) is 5.62. The highest BCUT2D eigenvalue weighted by atomic mass is 32.2. The average molecular weight is 396 g/mol. The zero-order valence-electron chi connectivity index (χ0n) is 14.5. The monoisotopic (exact) mass is 396 g/mol. The lowest BCUT2D eigenvalue weighted by atomic mass is 10.2. The zero-order valence-corrected chi connectivity index (χ0v) is 16.2. The first kappa shape index (κ1) is 18.7. The number of amides is 1. The van der Waals surface area contributed by atoms with E-state index in [1.807, 2.05) is 0 Å². The molecule has 2 heterocycles. The van der Waals surface area contributed by atoms with Gasteiger partial charge in [0.15, 0.2) is 11.5 Å². The molecule has 0 unspecified atom stereocenters. The third-order valence-corrected chi connectivity index (χ3v) is 7.56. The van der Waals surface area contributed by atoms with Crippen molar-refractivity contribution in [3.05, 3.63) is 35.2 Å². The summed E-state index contributed by atoms with van der Waals surface area (Å²) in [5.41, 5.74) is 0.532. The predicted octanol–water partition coefficient (Wildman–Crippen LogP) is 2.80. The van der Waals surface area contributed by atoms with Crippen LogP contribution >= 0.6 is 11.3 Å². The summed E-state index contributed by atoms with van der Waals surface area (Å²) in [5, 5.41) is 2.75. The van der Waals surface area contributed by atoms with Gasteiger partial charge in [-0.15, -0.1) is 11.3 Å². The minimum absolute atomic E-state index is 0.192. The molecule has 1 amide bonds. The van der Waals surface area contributed by atoms with Gasteiger partial charge in [-0.2, -0.15) is 4.31 Å². The Morgan fingerprint density at radius 2 is 1.77 bits per heavy atom. The maximum atomic E-state index is 12.6. The van der Waals surface area contributed by atoms with Crippen molar-refractivity contribution >= 4 is 33.0 Å². The lowest BCUT2D eigenvalue weighted by Gasteiger charge is -2.13. The molecule has 1 fully saturated rings. The molecule has 7 nitrogen and oxygen atoms in total. The van der Waals surface area contributed by atoms with Gasteiger partial charge in [-0.25, -0.2) is 8.42 Å². The molecule has 1 saturated heterocycles. The molecule has 2 aromatic rings. The molecular formula is C17H20N2O5S2. The largest absolute Gasteiger partial charge is 0.493 e. The van der Waals surface area contributed by atoms with E-state index in [-0.39, 0.29) is 10.1 Å². The van der Waals surface area contributed by atoms with E-state index in [1.54, 1.807) is 18.2 Å². The van der Waals surface area contributed by atoms with Gasteiger partial charge in [0.25, 0.3) is 15.9 Å². The fraction of sp³-hybridized carbons (Fsp3) is 0.353. The Bertz CT molecular complexity index is 902. The van der Waals surface area contributed by atoms with Crippen molar-refractivity contribution in [1.82, 2.24) is 4.31 Å². The van der Waals surface area contributed by atoms with Crippen molar-refractivity contribution in [2.75, 3.05) is 32.6 Å². The van der Waals surface area contributed by atoms with E-state index in [9.17, 15) is 13.2 Å². The SMILES string of the molecule is COc1ccc(NC(=O)c2ccc(S(=O)(=O)N3CCCC3)s2)cc1OC. The second-order valence-corrected chi connectivity index (χ2v) is 9.00. The standard InChI is InChI=1S/C17H20N2O5S2/c1-23-13-6-5-12(11-14(13)24-2)18-17(20)15-7-8-16(25-15)26(21,22)19-9-3-4-10-19/h5-8,11H,3-4,9-10H2,1-2H3,(H,18,20). The number of nitrogens with zero attached hydrogens (tertiary/aromatic N) is 1. The molecule has 9 heteroatoms. The molecule has 1 aliphatic heterocycles. The Balaban J connectivity index is 1.76. The van der Waals surface area contributed by atoms with Gasteiger partial charge in [-0.3, -0.25) is 4.79 Å². The van der Waals surface area contributed by atoms with Crippen LogP contribution in [0, 0.1) is 0 Å². The molecule has 1 aliphatic rings. The Morgan fingerprint density at radius 3 is 2.42 bits per heavy atom. The fourth-order valence-electron chi connectivity index (χ4n) is 2.74. The summed E-state index contributed by atoms with van der Waals surface area (Å²) in [6, 6.07) is 8.04. The first-order valence-corrected chi connectivity index (χ1v) is 10.3. The summed E-state index contributed by atoms with van der Waals surface area (Å²) >= 11 is 0.974. The molecule has 140 valence electrons. The Morgan fingerprint density at radius 1 is 1.08 bits per heavy atom. The summed E-state index contributed by atoms with van der Waals surface area (Å²) < 4.78 is 37.1. The second kappa shape index (κ2) is 7.65. The van der Waals surface area contributed by atoms with E-state index in [0.717, 1.165) is 24.2 Å². The minimum Gasteiger partial charge on any atom is -0.493 e. The summed E-state index contributed by atoms with van der Waals surface area (Å²) in [6.07, 6.45) is 1.74. The number of nitrogens with one attached hydrogen (secondary N) is 1. The number of methoxy groups -OCH3 is 2. The third-order valence-electron chi connectivity index (χ3n) is 4.11. The van der Waals surface area contributed by atoms with Gasteiger partial charge in [0.2, 0.25) is 0 Å². The van der Waals surface area contributed by atoms with E-state index < -0.39 is 10.0 Å². The van der Waals surface area contributed by atoms with Crippen LogP contribution in [0.4, 0.5) is 5.69 Å². The smallest absolute Gasteiger partial charge is 0.265 e. The average Bonchev–Trinajstić information content (AvgIpc) is 3.33. The van der Waals surface area contributed by atoms with Crippen molar-refractivity contribution in [2.45, 2.75) is 17.1 Å². The van der Waals surface area contributed by atoms with Crippen LogP contribution in [0.1, 0.15) is 22.5 Å². The van der Waals surface area contributed by atoms with E-state index >= 15 is 0 Å². The number of hydrogen-bond donors (Lipinski definition) is 1. The van der Waals surface area contributed by atoms with Crippen molar-refractivity contribution in [3.8, 4) is 11.5 Å². The molecule has 0 atom stereocenters. The van der Waals surface area contributed by atoms with Crippen LogP contribution in [0.15, 0.2) is 34.5 Å². The normalized spacial score (nSPS) is 15.0. The number of sulfonamides is 1. The molecule has 26 heavy (non-hydrogen) atoms. The maximum Gasteiger partial charge on any atom is 0.265 e. The Labute approximate surface area is 156 Å². The van der Waals surface area contributed by atoms with E-state index in [0.29, 0.717) is 35.2 Å². The topological polar surface area (TPSA) is 84.9 Å². The van der Waals surface area contributed by atoms with Crippen molar-refractivity contribution in [3.63, 3.8) is 0 Å². The first-order chi connectivity index (χ1) is 12.5. The zero-order chi connectivity index (χ0) is 18.7. The molecular weight excluding hydrogens is 376 g/mol. The summed E-state index contributed by atoms with van der Waals surface area (Å²) in [5.74, 6) is 0.680.